The van der Waals surface area contributed by atoms with Crippen LogP contribution in [0.1, 0.15) is 38.3 Å². The second-order valence-electron chi connectivity index (χ2n) is 5.76. The molecule has 0 bridgehead atoms. The normalized spacial score (nSPS) is 11.5. The summed E-state index contributed by atoms with van der Waals surface area (Å²) in [4.78, 5) is 0. The van der Waals surface area contributed by atoms with E-state index in [1.165, 1.54) is 11.1 Å². The zero-order valence-corrected chi connectivity index (χ0v) is 15.8. The van der Waals surface area contributed by atoms with E-state index in [-0.39, 0.29) is 5.41 Å². The van der Waals surface area contributed by atoms with Crippen molar-refractivity contribution in [3.63, 3.8) is 0 Å². The van der Waals surface area contributed by atoms with Gasteiger partial charge in [0.05, 0.1) is 4.47 Å². The third kappa shape index (κ3) is 4.10. The Morgan fingerprint density at radius 2 is 1.71 bits per heavy atom. The summed E-state index contributed by atoms with van der Waals surface area (Å²) in [6.45, 7) is 6.74. The van der Waals surface area contributed by atoms with Crippen LogP contribution in [-0.2, 0) is 10.7 Å². The molecule has 3 heteroatoms. The number of alkyl halides is 1. The summed E-state index contributed by atoms with van der Waals surface area (Å²) in [6.07, 6.45) is 1.12. The molecule has 1 nitrogen and oxygen atoms in total. The average molecular weight is 412 g/mol. The van der Waals surface area contributed by atoms with Crippen molar-refractivity contribution >= 4 is 31.9 Å². The molecule has 0 aliphatic rings. The van der Waals surface area contributed by atoms with Crippen molar-refractivity contribution in [1.29, 1.82) is 0 Å². The van der Waals surface area contributed by atoms with Crippen molar-refractivity contribution in [2.24, 2.45) is 0 Å². The van der Waals surface area contributed by atoms with E-state index < -0.39 is 0 Å². The molecular weight excluding hydrogens is 392 g/mol. The van der Waals surface area contributed by atoms with Gasteiger partial charge >= 0.3 is 0 Å². The van der Waals surface area contributed by atoms with E-state index in [4.69, 9.17) is 4.74 Å². The summed E-state index contributed by atoms with van der Waals surface area (Å²) in [6, 6.07) is 14.5. The van der Waals surface area contributed by atoms with Gasteiger partial charge in [0, 0.05) is 5.33 Å². The first-order chi connectivity index (χ1) is 9.96. The topological polar surface area (TPSA) is 9.23 Å². The molecule has 2 aromatic rings. The van der Waals surface area contributed by atoms with Gasteiger partial charge in [0.2, 0.25) is 0 Å². The van der Waals surface area contributed by atoms with E-state index in [0.717, 1.165) is 27.7 Å². The molecule has 0 aliphatic heterocycles. The van der Waals surface area contributed by atoms with Crippen LogP contribution in [0.2, 0.25) is 0 Å². The first-order valence-electron chi connectivity index (χ1n) is 7.09. The predicted molar refractivity (Wildman–Crippen MR) is 96.6 cm³/mol. The van der Waals surface area contributed by atoms with Crippen LogP contribution in [0.15, 0.2) is 46.9 Å². The molecule has 0 saturated carbocycles. The van der Waals surface area contributed by atoms with Crippen LogP contribution in [0.5, 0.6) is 11.5 Å². The van der Waals surface area contributed by atoms with Crippen LogP contribution in [0, 0.1) is 0 Å². The van der Waals surface area contributed by atoms with Crippen LogP contribution in [0.3, 0.4) is 0 Å². The van der Waals surface area contributed by atoms with Crippen LogP contribution in [-0.4, -0.2) is 0 Å². The molecule has 0 spiro atoms. The molecule has 0 fully saturated rings. The Balaban J connectivity index is 2.17. The average Bonchev–Trinajstić information content (AvgIpc) is 2.50. The highest BCUT2D eigenvalue weighted by molar-refractivity contribution is 9.10. The summed E-state index contributed by atoms with van der Waals surface area (Å²) < 4.78 is 6.92. The summed E-state index contributed by atoms with van der Waals surface area (Å²) in [5.41, 5.74) is 2.76. The minimum atomic E-state index is 0.205. The third-order valence-corrected chi connectivity index (χ3v) is 5.17. The fourth-order valence-electron chi connectivity index (χ4n) is 2.02. The molecule has 0 unspecified atom stereocenters. The molecule has 0 amide bonds. The maximum absolute atomic E-state index is 5.95. The van der Waals surface area contributed by atoms with E-state index >= 15 is 0 Å². The van der Waals surface area contributed by atoms with Gasteiger partial charge in [0.15, 0.2) is 0 Å². The number of hydrogen-bond donors (Lipinski definition) is 0. The Kier molecular flexibility index (Phi) is 5.50. The molecular formula is C18H20Br2O. The van der Waals surface area contributed by atoms with Crippen LogP contribution in [0.25, 0.3) is 0 Å². The van der Waals surface area contributed by atoms with Gasteiger partial charge in [-0.3, -0.25) is 0 Å². The van der Waals surface area contributed by atoms with Crippen LogP contribution < -0.4 is 4.74 Å². The summed E-state index contributed by atoms with van der Waals surface area (Å²) in [7, 11) is 0. The largest absolute Gasteiger partial charge is 0.456 e. The highest BCUT2D eigenvalue weighted by Crippen LogP contribution is 2.33. The molecule has 0 saturated heterocycles. The molecule has 2 aromatic carbocycles. The number of benzene rings is 2. The van der Waals surface area contributed by atoms with E-state index in [2.05, 4.69) is 76.9 Å². The minimum Gasteiger partial charge on any atom is -0.456 e. The van der Waals surface area contributed by atoms with Gasteiger partial charge in [-0.15, -0.1) is 0 Å². The second-order valence-corrected chi connectivity index (χ2v) is 7.18. The number of rotatable bonds is 5. The van der Waals surface area contributed by atoms with E-state index in [1.54, 1.807) is 0 Å². The molecule has 112 valence electrons. The van der Waals surface area contributed by atoms with Gasteiger partial charge in [-0.1, -0.05) is 54.9 Å². The highest BCUT2D eigenvalue weighted by Gasteiger charge is 2.17. The third-order valence-electron chi connectivity index (χ3n) is 3.90. The molecule has 0 aromatic heterocycles. The van der Waals surface area contributed by atoms with Gasteiger partial charge in [-0.05, 0) is 63.2 Å². The maximum atomic E-state index is 5.95. The lowest BCUT2D eigenvalue weighted by molar-refractivity contribution is 0.475. The maximum Gasteiger partial charge on any atom is 0.141 e. The highest BCUT2D eigenvalue weighted by atomic mass is 79.9. The molecule has 2 rings (SSSR count). The van der Waals surface area contributed by atoms with Crippen molar-refractivity contribution in [2.45, 2.75) is 37.9 Å². The summed E-state index contributed by atoms with van der Waals surface area (Å²) >= 11 is 7.01. The molecule has 0 radical (unpaired) electrons. The molecule has 0 heterocycles. The molecule has 21 heavy (non-hydrogen) atoms. The lowest BCUT2D eigenvalue weighted by Gasteiger charge is -2.23. The van der Waals surface area contributed by atoms with Crippen molar-refractivity contribution < 1.29 is 4.74 Å². The fraction of sp³-hybridized carbons (Fsp3) is 0.333. The molecule has 0 aliphatic carbocycles. The monoisotopic (exact) mass is 410 g/mol. The van der Waals surface area contributed by atoms with E-state index in [9.17, 15) is 0 Å². The smallest absolute Gasteiger partial charge is 0.141 e. The van der Waals surface area contributed by atoms with Crippen molar-refractivity contribution in [3.8, 4) is 11.5 Å². The quantitative estimate of drug-likeness (QED) is 0.490. The van der Waals surface area contributed by atoms with Crippen molar-refractivity contribution in [3.05, 3.63) is 58.1 Å². The van der Waals surface area contributed by atoms with E-state index in [1.807, 2.05) is 18.2 Å². The number of hydrogen-bond acceptors (Lipinski definition) is 1. The predicted octanol–water partition coefficient (Wildman–Crippen LogP) is 6.82. The van der Waals surface area contributed by atoms with Crippen molar-refractivity contribution in [1.82, 2.24) is 0 Å². The van der Waals surface area contributed by atoms with Gasteiger partial charge in [-0.25, -0.2) is 0 Å². The zero-order chi connectivity index (χ0) is 15.5. The Morgan fingerprint density at radius 1 is 1.05 bits per heavy atom. The van der Waals surface area contributed by atoms with Crippen LogP contribution in [0.4, 0.5) is 0 Å². The summed E-state index contributed by atoms with van der Waals surface area (Å²) in [5, 5.41) is 0.840. The Labute approximate surface area is 144 Å². The van der Waals surface area contributed by atoms with Crippen LogP contribution >= 0.6 is 31.9 Å². The fourth-order valence-corrected chi connectivity index (χ4v) is 2.87. The first-order valence-corrected chi connectivity index (χ1v) is 9.00. The van der Waals surface area contributed by atoms with Gasteiger partial charge in [0.25, 0.3) is 0 Å². The Morgan fingerprint density at radius 3 is 2.24 bits per heavy atom. The minimum absolute atomic E-state index is 0.205. The van der Waals surface area contributed by atoms with Gasteiger partial charge in [0.1, 0.15) is 11.5 Å². The van der Waals surface area contributed by atoms with Crippen molar-refractivity contribution in [2.75, 3.05) is 0 Å². The standard InChI is InChI=1S/C18H20Br2O/c1-4-18(2,3)14-6-8-15(9-7-14)21-17-10-5-13(12-19)11-16(17)20/h5-11H,4,12H2,1-3H3. The lowest BCUT2D eigenvalue weighted by Crippen LogP contribution is -2.14. The SMILES string of the molecule is CCC(C)(C)c1ccc(Oc2ccc(CBr)cc2Br)cc1. The second kappa shape index (κ2) is 6.97. The van der Waals surface area contributed by atoms with Gasteiger partial charge < -0.3 is 4.74 Å². The lowest BCUT2D eigenvalue weighted by atomic mass is 9.82. The van der Waals surface area contributed by atoms with E-state index in [0.29, 0.717) is 0 Å². The number of ether oxygens (including phenoxy) is 1. The molecule has 0 atom stereocenters. The van der Waals surface area contributed by atoms with Gasteiger partial charge in [-0.2, -0.15) is 0 Å². The zero-order valence-electron chi connectivity index (χ0n) is 12.6. The number of halogens is 2. The Bertz CT molecular complexity index is 603. The molecule has 0 N–H and O–H groups in total. The Hall–Kier alpha value is -0.800. The first kappa shape index (κ1) is 16.6. The summed E-state index contributed by atoms with van der Waals surface area (Å²) in [5.74, 6) is 1.69.